The van der Waals surface area contributed by atoms with Crippen LogP contribution in [-0.4, -0.2) is 34.6 Å². The molecule has 3 heterocycles. The van der Waals surface area contributed by atoms with Gasteiger partial charge in [-0.05, 0) is 63.8 Å². The van der Waals surface area contributed by atoms with Gasteiger partial charge in [-0.25, -0.2) is 4.98 Å². The molecule has 3 N–H and O–H groups in total. The number of aromatic nitrogens is 1. The third-order valence-corrected chi connectivity index (χ3v) is 6.69. The van der Waals surface area contributed by atoms with Crippen LogP contribution in [0.15, 0.2) is 54.9 Å². The summed E-state index contributed by atoms with van der Waals surface area (Å²) in [5, 5.41) is 3.43. The number of fused-ring (bicyclic) bond motifs is 2. The van der Waals surface area contributed by atoms with Gasteiger partial charge in [0.25, 0.3) is 0 Å². The number of hydrogen-bond acceptors (Lipinski definition) is 5. The average molecular weight is 475 g/mol. The van der Waals surface area contributed by atoms with Gasteiger partial charge >= 0.3 is 6.18 Å². The quantitative estimate of drug-likeness (QED) is 0.610. The molecular formula is C25H29F3N4O2. The lowest BCUT2D eigenvalue weighted by Crippen LogP contribution is -2.51. The summed E-state index contributed by atoms with van der Waals surface area (Å²) < 4.78 is 45.9. The smallest absolute Gasteiger partial charge is 0.419 e. The van der Waals surface area contributed by atoms with Crippen molar-refractivity contribution in [3.8, 4) is 5.75 Å². The van der Waals surface area contributed by atoms with E-state index in [-0.39, 0.29) is 23.9 Å². The minimum absolute atomic E-state index is 0.117. The van der Waals surface area contributed by atoms with Crippen molar-refractivity contribution in [2.75, 3.05) is 4.90 Å². The zero-order chi connectivity index (χ0) is 24.7. The molecule has 2 unspecified atom stereocenters. The highest BCUT2D eigenvalue weighted by atomic mass is 19.4. The number of primary amides is 1. The Hall–Kier alpha value is -3.23. The van der Waals surface area contributed by atoms with Crippen molar-refractivity contribution >= 4 is 11.7 Å². The third kappa shape index (κ3) is 4.83. The molecule has 6 nitrogen and oxygen atoms in total. The molecule has 2 aliphatic heterocycles. The van der Waals surface area contributed by atoms with E-state index in [0.29, 0.717) is 11.3 Å². The first-order valence-electron chi connectivity index (χ1n) is 11.3. The van der Waals surface area contributed by atoms with E-state index in [4.69, 9.17) is 10.5 Å². The minimum Gasteiger partial charge on any atom is -0.481 e. The SMILES string of the molecule is C=C(NC1CC2CCC(C1)N2c1ccc(C(N)=O)cn1)C(C)(C)Oc1ccccc1C(F)(F)F. The summed E-state index contributed by atoms with van der Waals surface area (Å²) in [7, 11) is 0. The number of nitrogens with one attached hydrogen (secondary N) is 1. The number of ether oxygens (including phenoxy) is 1. The number of benzene rings is 1. The van der Waals surface area contributed by atoms with Crippen molar-refractivity contribution in [2.24, 2.45) is 5.73 Å². The van der Waals surface area contributed by atoms with Crippen LogP contribution in [-0.2, 0) is 6.18 Å². The summed E-state index contributed by atoms with van der Waals surface area (Å²) in [6.07, 6.45) is 0.716. The Labute approximate surface area is 197 Å². The van der Waals surface area contributed by atoms with Gasteiger partial charge in [0.05, 0.1) is 11.1 Å². The summed E-state index contributed by atoms with van der Waals surface area (Å²) in [5.74, 6) is 0.0941. The fraction of sp³-hybridized carbons (Fsp3) is 0.440. The lowest BCUT2D eigenvalue weighted by atomic mass is 9.95. The summed E-state index contributed by atoms with van der Waals surface area (Å²) in [6, 6.07) is 9.38. The number of amides is 1. The van der Waals surface area contributed by atoms with Crippen LogP contribution in [0.4, 0.5) is 19.0 Å². The molecule has 0 spiro atoms. The second-order valence-corrected chi connectivity index (χ2v) is 9.46. The van der Waals surface area contributed by atoms with E-state index in [1.807, 2.05) is 6.07 Å². The number of nitrogens with two attached hydrogens (primary N) is 1. The topological polar surface area (TPSA) is 80.5 Å². The van der Waals surface area contributed by atoms with Gasteiger partial charge in [0.15, 0.2) is 0 Å². The number of carbonyl (C=O) groups excluding carboxylic acids is 1. The maximum absolute atomic E-state index is 13.4. The molecule has 0 saturated carbocycles. The molecule has 9 heteroatoms. The number of rotatable bonds is 7. The Kier molecular flexibility index (Phi) is 6.22. The maximum Gasteiger partial charge on any atom is 0.419 e. The Morgan fingerprint density at radius 3 is 2.35 bits per heavy atom. The van der Waals surface area contributed by atoms with E-state index in [2.05, 4.69) is 21.8 Å². The van der Waals surface area contributed by atoms with E-state index >= 15 is 0 Å². The third-order valence-electron chi connectivity index (χ3n) is 6.69. The number of pyridine rings is 1. The van der Waals surface area contributed by atoms with Crippen LogP contribution in [0.25, 0.3) is 0 Å². The molecule has 182 valence electrons. The molecule has 2 bridgehead atoms. The first kappa shape index (κ1) is 23.9. The number of carbonyl (C=O) groups is 1. The van der Waals surface area contributed by atoms with Gasteiger partial charge in [-0.1, -0.05) is 18.7 Å². The molecule has 1 amide bonds. The number of piperidine rings is 1. The van der Waals surface area contributed by atoms with Gasteiger partial charge in [0, 0.05) is 30.0 Å². The van der Waals surface area contributed by atoms with Crippen LogP contribution in [0.2, 0.25) is 0 Å². The van der Waals surface area contributed by atoms with Crippen LogP contribution in [0.1, 0.15) is 55.5 Å². The maximum atomic E-state index is 13.4. The first-order chi connectivity index (χ1) is 16.0. The number of hydrogen-bond donors (Lipinski definition) is 2. The Bertz CT molecular complexity index is 1050. The molecule has 0 aliphatic carbocycles. The normalized spacial score (nSPS) is 22.4. The summed E-state index contributed by atoms with van der Waals surface area (Å²) in [4.78, 5) is 18.1. The van der Waals surface area contributed by atoms with Gasteiger partial charge in [-0.3, -0.25) is 4.79 Å². The number of halogens is 3. The van der Waals surface area contributed by atoms with Crippen molar-refractivity contribution in [3.05, 3.63) is 66.0 Å². The fourth-order valence-electron chi connectivity index (χ4n) is 4.90. The van der Waals surface area contributed by atoms with Crippen LogP contribution >= 0.6 is 0 Å². The standard InChI is InChI=1S/C25H29F3N4O2/c1-15(24(2,3)34-21-7-5-4-6-20(21)25(26,27)28)31-17-12-18-9-10-19(13-17)32(18)22-11-8-16(14-30-22)23(29)33/h4-8,11,14,17-19,31H,1,9-10,12-13H2,2-3H3,(H2,29,33). The molecule has 34 heavy (non-hydrogen) atoms. The predicted molar refractivity (Wildman–Crippen MR) is 123 cm³/mol. The molecule has 4 rings (SSSR count). The van der Waals surface area contributed by atoms with Gasteiger partial charge in [-0.15, -0.1) is 0 Å². The Balaban J connectivity index is 1.42. The highest BCUT2D eigenvalue weighted by Crippen LogP contribution is 2.40. The van der Waals surface area contributed by atoms with E-state index in [1.165, 1.54) is 24.4 Å². The van der Waals surface area contributed by atoms with Gasteiger partial charge in [0.1, 0.15) is 17.2 Å². The largest absolute Gasteiger partial charge is 0.481 e. The second-order valence-electron chi connectivity index (χ2n) is 9.46. The Morgan fingerprint density at radius 2 is 1.79 bits per heavy atom. The molecule has 1 aromatic carbocycles. The van der Waals surface area contributed by atoms with Crippen molar-refractivity contribution < 1.29 is 22.7 Å². The van der Waals surface area contributed by atoms with Crippen molar-refractivity contribution in [3.63, 3.8) is 0 Å². The molecule has 2 aromatic rings. The number of anilines is 1. The zero-order valence-electron chi connectivity index (χ0n) is 19.2. The van der Waals surface area contributed by atoms with E-state index < -0.39 is 23.2 Å². The number of nitrogens with zero attached hydrogens (tertiary/aromatic N) is 2. The number of alkyl halides is 3. The van der Waals surface area contributed by atoms with Crippen LogP contribution in [0.3, 0.4) is 0 Å². The number of para-hydroxylation sites is 1. The lowest BCUT2D eigenvalue weighted by Gasteiger charge is -2.42. The van der Waals surface area contributed by atoms with E-state index in [0.717, 1.165) is 37.6 Å². The average Bonchev–Trinajstić information content (AvgIpc) is 3.03. The zero-order valence-corrected chi connectivity index (χ0v) is 19.2. The highest BCUT2D eigenvalue weighted by Gasteiger charge is 2.42. The molecule has 1 aromatic heterocycles. The van der Waals surface area contributed by atoms with Crippen molar-refractivity contribution in [1.82, 2.24) is 10.3 Å². The predicted octanol–water partition coefficient (Wildman–Crippen LogP) is 4.66. The van der Waals surface area contributed by atoms with E-state index in [1.54, 1.807) is 19.9 Å². The molecule has 2 aliphatic rings. The fourth-order valence-corrected chi connectivity index (χ4v) is 4.90. The lowest BCUT2D eigenvalue weighted by molar-refractivity contribution is -0.139. The van der Waals surface area contributed by atoms with E-state index in [9.17, 15) is 18.0 Å². The van der Waals surface area contributed by atoms with Crippen molar-refractivity contribution in [2.45, 2.75) is 69.4 Å². The van der Waals surface area contributed by atoms with Gasteiger partial charge in [0.2, 0.25) is 5.91 Å². The minimum atomic E-state index is -4.50. The molecule has 2 fully saturated rings. The molecule has 0 radical (unpaired) electrons. The summed E-state index contributed by atoms with van der Waals surface area (Å²) in [6.45, 7) is 7.52. The van der Waals surface area contributed by atoms with Gasteiger partial charge in [-0.2, -0.15) is 13.2 Å². The van der Waals surface area contributed by atoms with Gasteiger partial charge < -0.3 is 20.7 Å². The van der Waals surface area contributed by atoms with Crippen LogP contribution in [0, 0.1) is 0 Å². The van der Waals surface area contributed by atoms with Crippen LogP contribution in [0.5, 0.6) is 5.75 Å². The van der Waals surface area contributed by atoms with Crippen LogP contribution < -0.4 is 20.7 Å². The second kappa shape index (κ2) is 8.85. The molecular weight excluding hydrogens is 445 g/mol. The summed E-state index contributed by atoms with van der Waals surface area (Å²) >= 11 is 0. The molecule has 2 atom stereocenters. The monoisotopic (exact) mass is 474 g/mol. The van der Waals surface area contributed by atoms with Crippen molar-refractivity contribution in [1.29, 1.82) is 0 Å². The highest BCUT2D eigenvalue weighted by molar-refractivity contribution is 5.92. The molecule has 2 saturated heterocycles. The summed E-state index contributed by atoms with van der Waals surface area (Å²) in [5.41, 5.74) is 4.36. The first-order valence-corrected chi connectivity index (χ1v) is 11.3. The Morgan fingerprint density at radius 1 is 1.15 bits per heavy atom.